The summed E-state index contributed by atoms with van der Waals surface area (Å²) in [6, 6.07) is 14.4. The number of hydrogen-bond donors (Lipinski definition) is 0. The van der Waals surface area contributed by atoms with Crippen LogP contribution in [0.1, 0.15) is 55.8 Å². The molecule has 3 nitrogen and oxygen atoms in total. The molecule has 0 saturated heterocycles. The molecule has 1 heterocycles. The summed E-state index contributed by atoms with van der Waals surface area (Å²) in [6.45, 7) is 3.64. The number of nitrogens with zero attached hydrogens (tertiary/aromatic N) is 2. The number of benzene rings is 2. The van der Waals surface area contributed by atoms with Crippen LogP contribution >= 0.6 is 11.6 Å². The largest absolute Gasteiger partial charge is 0.494 e. The number of hydrogen-bond acceptors (Lipinski definition) is 2. The molecule has 0 N–H and O–H groups in total. The van der Waals surface area contributed by atoms with Crippen molar-refractivity contribution in [3.8, 4) is 5.75 Å². The number of imidazole rings is 1. The summed E-state index contributed by atoms with van der Waals surface area (Å²) in [5.41, 5.74) is 3.42. The predicted molar refractivity (Wildman–Crippen MR) is 112 cm³/mol. The Kier molecular flexibility index (Phi) is 5.68. The van der Waals surface area contributed by atoms with Crippen LogP contribution in [0.3, 0.4) is 0 Å². The fraction of sp³-hybridized carbons (Fsp3) is 0.435. The molecule has 4 rings (SSSR count). The van der Waals surface area contributed by atoms with Gasteiger partial charge in [0.25, 0.3) is 0 Å². The van der Waals surface area contributed by atoms with Crippen molar-refractivity contribution in [1.29, 1.82) is 0 Å². The van der Waals surface area contributed by atoms with Gasteiger partial charge in [-0.1, -0.05) is 43.0 Å². The monoisotopic (exact) mass is 382 g/mol. The molecule has 0 atom stereocenters. The molecule has 1 fully saturated rings. The van der Waals surface area contributed by atoms with Gasteiger partial charge in [0.2, 0.25) is 0 Å². The van der Waals surface area contributed by atoms with Crippen LogP contribution in [0.5, 0.6) is 5.75 Å². The third-order valence-corrected chi connectivity index (χ3v) is 6.00. The highest BCUT2D eigenvalue weighted by atomic mass is 35.5. The van der Waals surface area contributed by atoms with Gasteiger partial charge in [-0.25, -0.2) is 4.98 Å². The van der Waals surface area contributed by atoms with Gasteiger partial charge < -0.3 is 9.30 Å². The van der Waals surface area contributed by atoms with Crippen molar-refractivity contribution in [2.45, 2.75) is 57.9 Å². The van der Waals surface area contributed by atoms with Gasteiger partial charge in [-0.05, 0) is 62.1 Å². The van der Waals surface area contributed by atoms with Crippen LogP contribution in [-0.4, -0.2) is 16.2 Å². The molecule has 1 aromatic heterocycles. The van der Waals surface area contributed by atoms with Crippen molar-refractivity contribution in [2.75, 3.05) is 6.61 Å². The summed E-state index contributed by atoms with van der Waals surface area (Å²) in [5, 5.41) is 0.782. The molecule has 0 unspecified atom stereocenters. The Morgan fingerprint density at radius 2 is 1.93 bits per heavy atom. The molecule has 0 aliphatic heterocycles. The Morgan fingerprint density at radius 1 is 1.11 bits per heavy atom. The first kappa shape index (κ1) is 18.4. The van der Waals surface area contributed by atoms with Gasteiger partial charge in [0.15, 0.2) is 0 Å². The van der Waals surface area contributed by atoms with E-state index in [0.29, 0.717) is 12.5 Å². The Labute approximate surface area is 166 Å². The third-order valence-electron chi connectivity index (χ3n) is 5.58. The van der Waals surface area contributed by atoms with Gasteiger partial charge in [-0.2, -0.15) is 0 Å². The van der Waals surface area contributed by atoms with Gasteiger partial charge in [0, 0.05) is 17.5 Å². The fourth-order valence-corrected chi connectivity index (χ4v) is 4.24. The zero-order valence-electron chi connectivity index (χ0n) is 16.0. The lowest BCUT2D eigenvalue weighted by Gasteiger charge is -2.22. The van der Waals surface area contributed by atoms with E-state index >= 15 is 0 Å². The average molecular weight is 383 g/mol. The molecule has 0 amide bonds. The number of rotatable bonds is 6. The molecule has 0 radical (unpaired) electrons. The summed E-state index contributed by atoms with van der Waals surface area (Å²) >= 11 is 6.09. The van der Waals surface area contributed by atoms with Crippen LogP contribution in [0.25, 0.3) is 11.0 Å². The molecule has 1 saturated carbocycles. The van der Waals surface area contributed by atoms with Crippen LogP contribution in [-0.2, 0) is 6.54 Å². The highest BCUT2D eigenvalue weighted by molar-refractivity contribution is 6.31. The summed E-state index contributed by atoms with van der Waals surface area (Å²) < 4.78 is 8.38. The Balaban J connectivity index is 1.46. The standard InChI is InChI=1S/C23H27ClN2O/c1-17-16-19(12-13-20(17)24)27-15-7-14-26-22-11-6-5-10-21(22)25-23(26)18-8-3-2-4-9-18/h5-6,10-13,16,18H,2-4,7-9,14-15H2,1H3. The minimum atomic E-state index is 0.603. The van der Waals surface area contributed by atoms with Crippen molar-refractivity contribution in [1.82, 2.24) is 9.55 Å². The first-order valence-corrected chi connectivity index (χ1v) is 10.4. The Hall–Kier alpha value is -2.00. The minimum Gasteiger partial charge on any atom is -0.494 e. The topological polar surface area (TPSA) is 27.1 Å². The fourth-order valence-electron chi connectivity index (χ4n) is 4.12. The van der Waals surface area contributed by atoms with E-state index in [9.17, 15) is 0 Å². The summed E-state index contributed by atoms with van der Waals surface area (Å²) in [4.78, 5) is 5.00. The highest BCUT2D eigenvalue weighted by Gasteiger charge is 2.22. The second-order valence-corrected chi connectivity index (χ2v) is 7.97. The van der Waals surface area contributed by atoms with E-state index in [-0.39, 0.29) is 0 Å². The molecule has 27 heavy (non-hydrogen) atoms. The van der Waals surface area contributed by atoms with Gasteiger partial charge in [0.1, 0.15) is 11.6 Å². The van der Waals surface area contributed by atoms with Crippen molar-refractivity contribution >= 4 is 22.6 Å². The predicted octanol–water partition coefficient (Wildman–Crippen LogP) is 6.51. The highest BCUT2D eigenvalue weighted by Crippen LogP contribution is 2.34. The maximum atomic E-state index is 6.09. The lowest BCUT2D eigenvalue weighted by molar-refractivity contribution is 0.300. The van der Waals surface area contributed by atoms with Crippen LogP contribution < -0.4 is 4.74 Å². The molecule has 2 aromatic carbocycles. The molecule has 1 aliphatic carbocycles. The summed E-state index contributed by atoms with van der Waals surface area (Å²) in [5.74, 6) is 2.77. The van der Waals surface area contributed by atoms with E-state index in [0.717, 1.165) is 34.8 Å². The van der Waals surface area contributed by atoms with Gasteiger partial charge in [-0.3, -0.25) is 0 Å². The average Bonchev–Trinajstić information content (AvgIpc) is 3.07. The Morgan fingerprint density at radius 3 is 2.74 bits per heavy atom. The maximum absolute atomic E-state index is 6.09. The minimum absolute atomic E-state index is 0.603. The molecular weight excluding hydrogens is 356 g/mol. The van der Waals surface area contributed by atoms with Crippen LogP contribution in [0.15, 0.2) is 42.5 Å². The zero-order valence-corrected chi connectivity index (χ0v) is 16.7. The van der Waals surface area contributed by atoms with Gasteiger partial charge in [-0.15, -0.1) is 0 Å². The van der Waals surface area contributed by atoms with E-state index in [1.54, 1.807) is 0 Å². The zero-order chi connectivity index (χ0) is 18.6. The lowest BCUT2D eigenvalue weighted by Crippen LogP contribution is -2.13. The molecule has 3 aromatic rings. The van der Waals surface area contributed by atoms with Crippen molar-refractivity contribution < 1.29 is 4.74 Å². The normalized spacial score (nSPS) is 15.3. The van der Waals surface area contributed by atoms with Crippen molar-refractivity contribution in [3.63, 3.8) is 0 Å². The van der Waals surface area contributed by atoms with Gasteiger partial charge >= 0.3 is 0 Å². The van der Waals surface area contributed by atoms with E-state index in [1.807, 2.05) is 25.1 Å². The Bertz CT molecular complexity index is 912. The number of para-hydroxylation sites is 2. The second-order valence-electron chi connectivity index (χ2n) is 7.56. The van der Waals surface area contributed by atoms with Crippen LogP contribution in [0.2, 0.25) is 5.02 Å². The number of aryl methyl sites for hydroxylation is 2. The number of aromatic nitrogens is 2. The molecule has 0 spiro atoms. The van der Waals surface area contributed by atoms with E-state index in [2.05, 4.69) is 28.8 Å². The quantitative estimate of drug-likeness (QED) is 0.454. The molecular formula is C23H27ClN2O. The van der Waals surface area contributed by atoms with Crippen LogP contribution in [0, 0.1) is 6.92 Å². The van der Waals surface area contributed by atoms with E-state index < -0.39 is 0 Å². The van der Waals surface area contributed by atoms with Crippen molar-refractivity contribution in [2.24, 2.45) is 0 Å². The van der Waals surface area contributed by atoms with E-state index in [4.69, 9.17) is 21.3 Å². The van der Waals surface area contributed by atoms with Crippen LogP contribution in [0.4, 0.5) is 0 Å². The number of fused-ring (bicyclic) bond motifs is 1. The summed E-state index contributed by atoms with van der Waals surface area (Å²) in [7, 11) is 0. The lowest BCUT2D eigenvalue weighted by atomic mass is 9.88. The molecule has 1 aliphatic rings. The van der Waals surface area contributed by atoms with Gasteiger partial charge in [0.05, 0.1) is 17.6 Å². The smallest absolute Gasteiger partial charge is 0.119 e. The number of ether oxygens (including phenoxy) is 1. The first-order chi connectivity index (χ1) is 13.2. The van der Waals surface area contributed by atoms with Crippen molar-refractivity contribution in [3.05, 3.63) is 58.9 Å². The SMILES string of the molecule is Cc1cc(OCCCn2c(C3CCCCC3)nc3ccccc32)ccc1Cl. The number of halogens is 1. The molecule has 142 valence electrons. The third kappa shape index (κ3) is 4.14. The first-order valence-electron chi connectivity index (χ1n) is 10.1. The molecule has 0 bridgehead atoms. The molecule has 4 heteroatoms. The van der Waals surface area contributed by atoms with E-state index in [1.165, 1.54) is 43.4 Å². The maximum Gasteiger partial charge on any atom is 0.119 e. The summed E-state index contributed by atoms with van der Waals surface area (Å²) in [6.07, 6.45) is 7.51. The second kappa shape index (κ2) is 8.35.